The highest BCUT2D eigenvalue weighted by molar-refractivity contribution is 7.09. The van der Waals surface area contributed by atoms with Crippen LogP contribution in [0.5, 0.6) is 0 Å². The molecule has 0 N–H and O–H groups in total. The van der Waals surface area contributed by atoms with Crippen molar-refractivity contribution in [3.63, 3.8) is 0 Å². The van der Waals surface area contributed by atoms with Crippen LogP contribution in [-0.4, -0.2) is 14.9 Å². The first-order chi connectivity index (χ1) is 6.14. The van der Waals surface area contributed by atoms with Gasteiger partial charge in [-0.05, 0) is 43.9 Å². The van der Waals surface area contributed by atoms with E-state index in [2.05, 4.69) is 37.5 Å². The predicted molar refractivity (Wildman–Crippen MR) is 61.9 cm³/mol. The van der Waals surface area contributed by atoms with Crippen LogP contribution in [0.25, 0.3) is 0 Å². The number of aryl methyl sites for hydroxylation is 1. The second-order valence-corrected chi connectivity index (χ2v) is 9.11. The van der Waals surface area contributed by atoms with Crippen LogP contribution < -0.4 is 0 Å². The molecule has 0 saturated heterocycles. The SMILES string of the molecule is CCO[Si](C)(C)CCc1cccs1. The van der Waals surface area contributed by atoms with Gasteiger partial charge in [0.1, 0.15) is 0 Å². The zero-order valence-electron chi connectivity index (χ0n) is 8.67. The van der Waals surface area contributed by atoms with Crippen LogP contribution >= 0.6 is 11.3 Å². The third kappa shape index (κ3) is 4.07. The van der Waals surface area contributed by atoms with Crippen molar-refractivity contribution in [2.75, 3.05) is 6.61 Å². The van der Waals surface area contributed by atoms with Gasteiger partial charge < -0.3 is 4.43 Å². The van der Waals surface area contributed by atoms with E-state index < -0.39 is 8.32 Å². The van der Waals surface area contributed by atoms with Crippen LogP contribution in [0.3, 0.4) is 0 Å². The van der Waals surface area contributed by atoms with Crippen molar-refractivity contribution in [1.82, 2.24) is 0 Å². The van der Waals surface area contributed by atoms with Crippen molar-refractivity contribution >= 4 is 19.7 Å². The normalized spacial score (nSPS) is 11.9. The molecule has 0 aliphatic rings. The predicted octanol–water partition coefficient (Wildman–Crippen LogP) is 3.53. The number of thiophene rings is 1. The van der Waals surface area contributed by atoms with Crippen LogP contribution in [0.1, 0.15) is 11.8 Å². The molecule has 0 spiro atoms. The van der Waals surface area contributed by atoms with E-state index in [1.165, 1.54) is 17.3 Å². The van der Waals surface area contributed by atoms with E-state index in [1.54, 1.807) is 0 Å². The average Bonchev–Trinajstić information content (AvgIpc) is 2.52. The molecule has 13 heavy (non-hydrogen) atoms. The maximum Gasteiger partial charge on any atom is 0.187 e. The van der Waals surface area contributed by atoms with Crippen LogP contribution in [0, 0.1) is 0 Å². The Morgan fingerprint density at radius 2 is 2.23 bits per heavy atom. The Kier molecular flexibility index (Phi) is 4.16. The van der Waals surface area contributed by atoms with Crippen LogP contribution in [-0.2, 0) is 10.8 Å². The Labute approximate surface area is 85.9 Å². The third-order valence-corrected chi connectivity index (χ3v) is 5.55. The topological polar surface area (TPSA) is 9.23 Å². The minimum atomic E-state index is -1.35. The summed E-state index contributed by atoms with van der Waals surface area (Å²) in [6.45, 7) is 7.54. The first-order valence-electron chi connectivity index (χ1n) is 4.80. The molecular weight excluding hydrogens is 196 g/mol. The third-order valence-electron chi connectivity index (χ3n) is 2.09. The molecule has 1 aromatic rings. The van der Waals surface area contributed by atoms with Gasteiger partial charge in [0.25, 0.3) is 0 Å². The molecule has 1 nitrogen and oxygen atoms in total. The van der Waals surface area contributed by atoms with Crippen molar-refractivity contribution in [3.05, 3.63) is 22.4 Å². The van der Waals surface area contributed by atoms with Crippen molar-refractivity contribution in [2.24, 2.45) is 0 Å². The average molecular weight is 214 g/mol. The smallest absolute Gasteiger partial charge is 0.187 e. The highest BCUT2D eigenvalue weighted by Gasteiger charge is 2.21. The Balaban J connectivity index is 2.33. The molecule has 1 aromatic heterocycles. The van der Waals surface area contributed by atoms with Crippen LogP contribution in [0.2, 0.25) is 19.1 Å². The van der Waals surface area contributed by atoms with E-state index >= 15 is 0 Å². The van der Waals surface area contributed by atoms with Crippen LogP contribution in [0.4, 0.5) is 0 Å². The zero-order valence-corrected chi connectivity index (χ0v) is 10.5. The fourth-order valence-corrected chi connectivity index (χ4v) is 4.03. The Morgan fingerprint density at radius 1 is 1.46 bits per heavy atom. The van der Waals surface area contributed by atoms with Crippen molar-refractivity contribution < 1.29 is 4.43 Å². The largest absolute Gasteiger partial charge is 0.418 e. The van der Waals surface area contributed by atoms with Gasteiger partial charge in [0, 0.05) is 11.5 Å². The first-order valence-corrected chi connectivity index (χ1v) is 8.80. The molecule has 0 bridgehead atoms. The zero-order chi connectivity index (χ0) is 9.73. The second kappa shape index (κ2) is 4.93. The molecule has 0 aliphatic carbocycles. The summed E-state index contributed by atoms with van der Waals surface area (Å²) in [5, 5.41) is 2.14. The Morgan fingerprint density at radius 3 is 2.77 bits per heavy atom. The monoisotopic (exact) mass is 214 g/mol. The highest BCUT2D eigenvalue weighted by Crippen LogP contribution is 2.18. The summed E-state index contributed by atoms with van der Waals surface area (Å²) in [4.78, 5) is 1.49. The molecule has 0 aromatic carbocycles. The van der Waals surface area contributed by atoms with Gasteiger partial charge >= 0.3 is 0 Å². The molecule has 0 aliphatic heterocycles. The molecule has 1 rings (SSSR count). The van der Waals surface area contributed by atoms with Gasteiger partial charge in [0.15, 0.2) is 8.32 Å². The van der Waals surface area contributed by atoms with Gasteiger partial charge in [0.05, 0.1) is 0 Å². The van der Waals surface area contributed by atoms with Gasteiger partial charge in [-0.1, -0.05) is 6.07 Å². The lowest BCUT2D eigenvalue weighted by molar-refractivity contribution is 0.329. The van der Waals surface area contributed by atoms with Gasteiger partial charge in [-0.2, -0.15) is 0 Å². The summed E-state index contributed by atoms with van der Waals surface area (Å²) in [5.41, 5.74) is 0. The first kappa shape index (κ1) is 11.0. The summed E-state index contributed by atoms with van der Waals surface area (Å²) in [7, 11) is -1.35. The van der Waals surface area contributed by atoms with E-state index in [-0.39, 0.29) is 0 Å². The molecule has 1 heterocycles. The molecule has 74 valence electrons. The summed E-state index contributed by atoms with van der Waals surface area (Å²) in [6.07, 6.45) is 1.19. The van der Waals surface area contributed by atoms with E-state index in [9.17, 15) is 0 Å². The molecule has 0 saturated carbocycles. The van der Waals surface area contributed by atoms with Crippen molar-refractivity contribution in [1.29, 1.82) is 0 Å². The fourth-order valence-electron chi connectivity index (χ4n) is 1.34. The highest BCUT2D eigenvalue weighted by atomic mass is 32.1. The van der Waals surface area contributed by atoms with Gasteiger partial charge in [-0.25, -0.2) is 0 Å². The Hall–Kier alpha value is -0.123. The maximum absolute atomic E-state index is 5.77. The summed E-state index contributed by atoms with van der Waals surface area (Å²) >= 11 is 1.85. The summed E-state index contributed by atoms with van der Waals surface area (Å²) in [6, 6.07) is 5.57. The van der Waals surface area contributed by atoms with Gasteiger partial charge in [-0.15, -0.1) is 11.3 Å². The standard InChI is InChI=1S/C10H18OSSi/c1-4-11-13(2,3)9-7-10-6-5-8-12-10/h5-6,8H,4,7,9H2,1-3H3. The van der Waals surface area contributed by atoms with E-state index in [4.69, 9.17) is 4.43 Å². The molecular formula is C10H18OSSi. The lowest BCUT2D eigenvalue weighted by atomic mass is 10.4. The summed E-state index contributed by atoms with van der Waals surface area (Å²) < 4.78 is 5.77. The fraction of sp³-hybridized carbons (Fsp3) is 0.600. The number of rotatable bonds is 5. The van der Waals surface area contributed by atoms with E-state index in [0.717, 1.165) is 6.61 Å². The van der Waals surface area contributed by atoms with Crippen molar-refractivity contribution in [2.45, 2.75) is 32.5 Å². The van der Waals surface area contributed by atoms with Crippen LogP contribution in [0.15, 0.2) is 17.5 Å². The lowest BCUT2D eigenvalue weighted by Crippen LogP contribution is -2.30. The minimum Gasteiger partial charge on any atom is -0.418 e. The van der Waals surface area contributed by atoms with Gasteiger partial charge in [-0.3, -0.25) is 0 Å². The molecule has 0 fully saturated rings. The number of hydrogen-bond acceptors (Lipinski definition) is 2. The van der Waals surface area contributed by atoms with Gasteiger partial charge in [0.2, 0.25) is 0 Å². The maximum atomic E-state index is 5.77. The van der Waals surface area contributed by atoms with E-state index in [1.807, 2.05) is 11.3 Å². The molecule has 0 amide bonds. The molecule has 3 heteroatoms. The minimum absolute atomic E-state index is 0.865. The van der Waals surface area contributed by atoms with Crippen molar-refractivity contribution in [3.8, 4) is 0 Å². The number of hydrogen-bond donors (Lipinski definition) is 0. The lowest BCUT2D eigenvalue weighted by Gasteiger charge is -2.21. The van der Waals surface area contributed by atoms with E-state index in [0.29, 0.717) is 0 Å². The Bertz CT molecular complexity index is 231. The second-order valence-electron chi connectivity index (χ2n) is 3.77. The molecule has 0 atom stereocenters. The quantitative estimate of drug-likeness (QED) is 0.681. The molecule has 0 radical (unpaired) electrons. The summed E-state index contributed by atoms with van der Waals surface area (Å²) in [5.74, 6) is 0. The molecule has 0 unspecified atom stereocenters.